The number of aromatic amines is 1. The van der Waals surface area contributed by atoms with E-state index in [2.05, 4.69) is 24.1 Å². The molecule has 6 heteroatoms. The number of H-pyrrole nitrogens is 1. The minimum Gasteiger partial charge on any atom is -0.380 e. The molecule has 1 amide bonds. The van der Waals surface area contributed by atoms with Gasteiger partial charge in [0.05, 0.1) is 19.1 Å². The van der Waals surface area contributed by atoms with Crippen molar-refractivity contribution in [2.75, 3.05) is 13.2 Å². The van der Waals surface area contributed by atoms with Crippen LogP contribution >= 0.6 is 23.6 Å². The summed E-state index contributed by atoms with van der Waals surface area (Å²) in [6.45, 7) is 9.27. The molecule has 0 radical (unpaired) electrons. The molecule has 19 heavy (non-hydrogen) atoms. The Balaban J connectivity index is 2.57. The van der Waals surface area contributed by atoms with Crippen LogP contribution in [0.5, 0.6) is 0 Å². The van der Waals surface area contributed by atoms with Crippen molar-refractivity contribution in [1.82, 2.24) is 10.3 Å². The first kappa shape index (κ1) is 16.3. The zero-order chi connectivity index (χ0) is 14.4. The average Bonchev–Trinajstić information content (AvgIpc) is 2.62. The Kier molecular flexibility index (Phi) is 6.68. The van der Waals surface area contributed by atoms with Crippen molar-refractivity contribution >= 4 is 29.5 Å². The van der Waals surface area contributed by atoms with E-state index in [9.17, 15) is 4.79 Å². The first-order chi connectivity index (χ1) is 8.93. The number of rotatable bonds is 7. The van der Waals surface area contributed by atoms with Gasteiger partial charge in [0, 0.05) is 17.2 Å². The average molecular weight is 302 g/mol. The van der Waals surface area contributed by atoms with Gasteiger partial charge in [0.25, 0.3) is 0 Å². The van der Waals surface area contributed by atoms with Crippen LogP contribution in [0.15, 0.2) is 0 Å². The van der Waals surface area contributed by atoms with Gasteiger partial charge in [0.1, 0.15) is 0 Å². The van der Waals surface area contributed by atoms with E-state index in [1.54, 1.807) is 0 Å². The molecule has 2 N–H and O–H groups in total. The minimum atomic E-state index is 0.0201. The fourth-order valence-corrected chi connectivity index (χ4v) is 2.94. The summed E-state index contributed by atoms with van der Waals surface area (Å²) in [5.41, 5.74) is 0.982. The van der Waals surface area contributed by atoms with Crippen molar-refractivity contribution in [3.8, 4) is 0 Å². The Morgan fingerprint density at radius 3 is 2.68 bits per heavy atom. The lowest BCUT2D eigenvalue weighted by Gasteiger charge is -2.22. The summed E-state index contributed by atoms with van der Waals surface area (Å²) in [4.78, 5) is 16.1. The van der Waals surface area contributed by atoms with Crippen molar-refractivity contribution in [3.63, 3.8) is 0 Å². The second-order valence-corrected chi connectivity index (χ2v) is 6.59. The summed E-state index contributed by atoms with van der Waals surface area (Å²) >= 11 is 6.53. The molecule has 0 saturated heterocycles. The first-order valence-corrected chi connectivity index (χ1v) is 7.72. The van der Waals surface area contributed by atoms with Gasteiger partial charge in [0.15, 0.2) is 3.95 Å². The van der Waals surface area contributed by atoms with E-state index >= 15 is 0 Å². The molecule has 0 aromatic carbocycles. The standard InChI is InChI=1S/C13H22N2O2S2/c1-5-17-7-10(8(2)3)15-12(16)6-11-9(4)14-13(18)19-11/h8,10H,5-7H2,1-4H3,(H,14,18)(H,15,16). The van der Waals surface area contributed by atoms with Gasteiger partial charge in [-0.2, -0.15) is 0 Å². The van der Waals surface area contributed by atoms with Gasteiger partial charge in [-0.25, -0.2) is 0 Å². The van der Waals surface area contributed by atoms with Crippen molar-refractivity contribution < 1.29 is 9.53 Å². The Morgan fingerprint density at radius 2 is 2.21 bits per heavy atom. The van der Waals surface area contributed by atoms with Crippen LogP contribution in [0.25, 0.3) is 0 Å². The fourth-order valence-electron chi connectivity index (χ4n) is 1.65. The predicted molar refractivity (Wildman–Crippen MR) is 81.2 cm³/mol. The third-order valence-electron chi connectivity index (χ3n) is 2.90. The molecule has 108 valence electrons. The zero-order valence-corrected chi connectivity index (χ0v) is 13.5. The topological polar surface area (TPSA) is 54.1 Å². The second-order valence-electron chi connectivity index (χ2n) is 4.82. The highest BCUT2D eigenvalue weighted by molar-refractivity contribution is 7.73. The molecule has 0 fully saturated rings. The Morgan fingerprint density at radius 1 is 1.53 bits per heavy atom. The molecule has 0 aliphatic carbocycles. The highest BCUT2D eigenvalue weighted by Gasteiger charge is 2.17. The highest BCUT2D eigenvalue weighted by atomic mass is 32.1. The second kappa shape index (κ2) is 7.77. The summed E-state index contributed by atoms with van der Waals surface area (Å²) in [7, 11) is 0. The van der Waals surface area contributed by atoms with Crippen LogP contribution in [0.3, 0.4) is 0 Å². The summed E-state index contributed by atoms with van der Waals surface area (Å²) in [6, 6.07) is 0.0552. The summed E-state index contributed by atoms with van der Waals surface area (Å²) in [5.74, 6) is 0.368. The summed E-state index contributed by atoms with van der Waals surface area (Å²) in [6.07, 6.45) is 0.374. The molecule has 0 aliphatic heterocycles. The van der Waals surface area contributed by atoms with E-state index in [-0.39, 0.29) is 11.9 Å². The van der Waals surface area contributed by atoms with Crippen LogP contribution in [0, 0.1) is 16.8 Å². The lowest BCUT2D eigenvalue weighted by atomic mass is 10.1. The van der Waals surface area contributed by atoms with Crippen LogP contribution < -0.4 is 5.32 Å². The van der Waals surface area contributed by atoms with Crippen molar-refractivity contribution in [2.45, 2.75) is 40.2 Å². The summed E-state index contributed by atoms with van der Waals surface area (Å²) < 4.78 is 6.12. The van der Waals surface area contributed by atoms with Gasteiger partial charge in [-0.3, -0.25) is 4.79 Å². The van der Waals surface area contributed by atoms with Gasteiger partial charge in [-0.15, -0.1) is 11.3 Å². The predicted octanol–water partition coefficient (Wildman–Crippen LogP) is 2.83. The number of aromatic nitrogens is 1. The maximum atomic E-state index is 12.0. The van der Waals surface area contributed by atoms with Crippen molar-refractivity contribution in [3.05, 3.63) is 14.5 Å². The number of amides is 1. The number of hydrogen-bond donors (Lipinski definition) is 2. The SMILES string of the molecule is CCOCC(NC(=O)Cc1sc(=S)[nH]c1C)C(C)C. The number of ether oxygens (including phenoxy) is 1. The molecule has 0 aliphatic rings. The molecule has 1 atom stereocenters. The molecule has 1 unspecified atom stereocenters. The molecule has 0 spiro atoms. The van der Waals surface area contributed by atoms with Gasteiger partial charge >= 0.3 is 0 Å². The molecular weight excluding hydrogens is 280 g/mol. The number of carbonyl (C=O) groups is 1. The van der Waals surface area contributed by atoms with Crippen LogP contribution in [0.2, 0.25) is 0 Å². The fraction of sp³-hybridized carbons (Fsp3) is 0.692. The Labute approximate surface area is 123 Å². The lowest BCUT2D eigenvalue weighted by molar-refractivity contribution is -0.121. The van der Waals surface area contributed by atoms with Gasteiger partial charge in [-0.05, 0) is 32.0 Å². The van der Waals surface area contributed by atoms with Gasteiger partial charge < -0.3 is 15.0 Å². The van der Waals surface area contributed by atoms with E-state index in [1.807, 2.05) is 13.8 Å². The third kappa shape index (κ3) is 5.42. The van der Waals surface area contributed by atoms with E-state index < -0.39 is 0 Å². The van der Waals surface area contributed by atoms with E-state index in [1.165, 1.54) is 11.3 Å². The molecule has 4 nitrogen and oxygen atoms in total. The monoisotopic (exact) mass is 302 g/mol. The maximum Gasteiger partial charge on any atom is 0.225 e. The quantitative estimate of drug-likeness (QED) is 0.762. The molecule has 1 aromatic rings. The number of thiazole rings is 1. The molecule has 0 saturated carbocycles. The normalized spacial score (nSPS) is 12.7. The number of aryl methyl sites for hydroxylation is 1. The van der Waals surface area contributed by atoms with Gasteiger partial charge in [0.2, 0.25) is 5.91 Å². The Bertz CT molecular complexity index is 465. The number of carbonyl (C=O) groups excluding carboxylic acids is 1. The minimum absolute atomic E-state index is 0.0201. The molecule has 0 bridgehead atoms. The van der Waals surface area contributed by atoms with E-state index in [0.717, 1.165) is 14.5 Å². The largest absolute Gasteiger partial charge is 0.380 e. The highest BCUT2D eigenvalue weighted by Crippen LogP contribution is 2.15. The van der Waals surface area contributed by atoms with Crippen molar-refractivity contribution in [1.29, 1.82) is 0 Å². The summed E-state index contributed by atoms with van der Waals surface area (Å²) in [5, 5.41) is 3.03. The van der Waals surface area contributed by atoms with Crippen LogP contribution in [0.4, 0.5) is 0 Å². The molecule has 1 rings (SSSR count). The van der Waals surface area contributed by atoms with Crippen LogP contribution in [-0.2, 0) is 16.0 Å². The maximum absolute atomic E-state index is 12.0. The first-order valence-electron chi connectivity index (χ1n) is 6.49. The third-order valence-corrected chi connectivity index (χ3v) is 4.23. The Hall–Kier alpha value is -0.720. The number of hydrogen-bond acceptors (Lipinski definition) is 4. The van der Waals surface area contributed by atoms with E-state index in [4.69, 9.17) is 17.0 Å². The van der Waals surface area contributed by atoms with E-state index in [0.29, 0.717) is 25.6 Å². The smallest absolute Gasteiger partial charge is 0.225 e. The zero-order valence-electron chi connectivity index (χ0n) is 11.9. The van der Waals surface area contributed by atoms with Crippen molar-refractivity contribution in [2.24, 2.45) is 5.92 Å². The molecular formula is C13H22N2O2S2. The van der Waals surface area contributed by atoms with Gasteiger partial charge in [-0.1, -0.05) is 13.8 Å². The number of nitrogens with one attached hydrogen (secondary N) is 2. The lowest BCUT2D eigenvalue weighted by Crippen LogP contribution is -2.42. The van der Waals surface area contributed by atoms with Crippen LogP contribution in [-0.4, -0.2) is 30.1 Å². The van der Waals surface area contributed by atoms with Crippen LogP contribution in [0.1, 0.15) is 31.3 Å². The molecule has 1 aromatic heterocycles. The molecule has 1 heterocycles.